The fourth-order valence-electron chi connectivity index (χ4n) is 7.48. The van der Waals surface area contributed by atoms with Gasteiger partial charge in [0.15, 0.2) is 17.5 Å². The second kappa shape index (κ2) is 12.4. The molecular formula is C48H30N4. The zero-order valence-corrected chi connectivity index (χ0v) is 28.1. The first-order valence-electron chi connectivity index (χ1n) is 17.5. The fourth-order valence-corrected chi connectivity index (χ4v) is 7.48. The van der Waals surface area contributed by atoms with Gasteiger partial charge in [-0.25, -0.2) is 15.0 Å². The number of benzene rings is 8. The molecule has 2 heterocycles. The Hall–Kier alpha value is -7.04. The Morgan fingerprint density at radius 3 is 1.29 bits per heavy atom. The Morgan fingerprint density at radius 1 is 0.288 bits per heavy atom. The number of pyridine rings is 1. The number of hydrogen-bond donors (Lipinski definition) is 0. The first kappa shape index (κ1) is 29.8. The van der Waals surface area contributed by atoms with E-state index in [1.807, 2.05) is 54.7 Å². The smallest absolute Gasteiger partial charge is 0.164 e. The molecule has 0 bridgehead atoms. The minimum absolute atomic E-state index is 0.625. The van der Waals surface area contributed by atoms with Crippen molar-refractivity contribution in [3.63, 3.8) is 0 Å². The van der Waals surface area contributed by atoms with Crippen molar-refractivity contribution >= 4 is 43.1 Å². The number of aromatic nitrogens is 4. The van der Waals surface area contributed by atoms with E-state index in [2.05, 4.69) is 132 Å². The van der Waals surface area contributed by atoms with Gasteiger partial charge < -0.3 is 0 Å². The Bertz CT molecular complexity index is 2920. The monoisotopic (exact) mass is 662 g/mol. The van der Waals surface area contributed by atoms with Crippen LogP contribution >= 0.6 is 0 Å². The molecule has 4 heteroatoms. The standard InChI is InChI=1S/C48H30N4/c1-2-12-33(13-3-1)46-50-47(52-48(51-46)35-27-23-32(24-28-35)44-20-10-11-29-49-44)34-25-21-31(22-26-34)42-30-43-38-16-5-4-14-36(38)37-15-6-8-18-40(37)45(43)41-19-9-7-17-39(41)42/h1-30H. The summed E-state index contributed by atoms with van der Waals surface area (Å²) >= 11 is 0. The highest BCUT2D eigenvalue weighted by Crippen LogP contribution is 2.43. The van der Waals surface area contributed by atoms with Crippen LogP contribution in [-0.2, 0) is 0 Å². The highest BCUT2D eigenvalue weighted by molar-refractivity contribution is 6.33. The lowest BCUT2D eigenvalue weighted by molar-refractivity contribution is 1.07. The maximum atomic E-state index is 5.02. The Morgan fingerprint density at radius 2 is 0.712 bits per heavy atom. The molecular weight excluding hydrogens is 633 g/mol. The van der Waals surface area contributed by atoms with Gasteiger partial charge in [-0.1, -0.05) is 158 Å². The third kappa shape index (κ3) is 5.09. The van der Waals surface area contributed by atoms with Crippen molar-refractivity contribution in [1.29, 1.82) is 0 Å². The SMILES string of the molecule is c1ccc(-c2nc(-c3ccc(-c4ccccn4)cc3)nc(-c3ccc(-c4cc5c6ccccc6c6ccccc6c5c5ccccc45)cc3)n2)cc1. The molecule has 0 N–H and O–H groups in total. The fraction of sp³-hybridized carbons (Fsp3) is 0. The third-order valence-corrected chi connectivity index (χ3v) is 9.97. The van der Waals surface area contributed by atoms with E-state index >= 15 is 0 Å². The second-order valence-corrected chi connectivity index (χ2v) is 13.0. The van der Waals surface area contributed by atoms with Crippen molar-refractivity contribution in [2.45, 2.75) is 0 Å². The summed E-state index contributed by atoms with van der Waals surface area (Å²) in [6.07, 6.45) is 1.81. The summed E-state index contributed by atoms with van der Waals surface area (Å²) in [5.74, 6) is 1.89. The molecule has 0 radical (unpaired) electrons. The topological polar surface area (TPSA) is 51.6 Å². The van der Waals surface area contributed by atoms with Gasteiger partial charge in [0.2, 0.25) is 0 Å². The van der Waals surface area contributed by atoms with Crippen LogP contribution in [0.5, 0.6) is 0 Å². The van der Waals surface area contributed by atoms with Gasteiger partial charge in [0.1, 0.15) is 0 Å². The lowest BCUT2D eigenvalue weighted by Crippen LogP contribution is -2.00. The van der Waals surface area contributed by atoms with Crippen molar-refractivity contribution in [1.82, 2.24) is 19.9 Å². The second-order valence-electron chi connectivity index (χ2n) is 13.0. The van der Waals surface area contributed by atoms with E-state index < -0.39 is 0 Å². The molecule has 0 aliphatic rings. The molecule has 4 nitrogen and oxygen atoms in total. The van der Waals surface area contributed by atoms with E-state index in [1.165, 1.54) is 48.7 Å². The minimum Gasteiger partial charge on any atom is -0.256 e. The van der Waals surface area contributed by atoms with Gasteiger partial charge in [-0.05, 0) is 72.4 Å². The van der Waals surface area contributed by atoms with Crippen molar-refractivity contribution < 1.29 is 0 Å². The van der Waals surface area contributed by atoms with Gasteiger partial charge in [0.25, 0.3) is 0 Å². The zero-order valence-electron chi connectivity index (χ0n) is 28.1. The minimum atomic E-state index is 0.625. The molecule has 242 valence electrons. The molecule has 0 aliphatic carbocycles. The van der Waals surface area contributed by atoms with E-state index in [-0.39, 0.29) is 0 Å². The van der Waals surface area contributed by atoms with E-state index in [1.54, 1.807) is 0 Å². The van der Waals surface area contributed by atoms with Crippen molar-refractivity contribution in [3.8, 4) is 56.5 Å². The summed E-state index contributed by atoms with van der Waals surface area (Å²) in [5, 5.41) is 10.1. The van der Waals surface area contributed by atoms with Crippen LogP contribution in [0.25, 0.3) is 99.6 Å². The van der Waals surface area contributed by atoms with Crippen LogP contribution in [0.4, 0.5) is 0 Å². The van der Waals surface area contributed by atoms with Gasteiger partial charge in [0, 0.05) is 28.5 Å². The predicted molar refractivity (Wildman–Crippen MR) is 215 cm³/mol. The van der Waals surface area contributed by atoms with Crippen LogP contribution in [-0.4, -0.2) is 19.9 Å². The largest absolute Gasteiger partial charge is 0.256 e. The van der Waals surface area contributed by atoms with E-state index in [0.717, 1.165) is 33.5 Å². The lowest BCUT2D eigenvalue weighted by atomic mass is 9.87. The normalized spacial score (nSPS) is 11.5. The van der Waals surface area contributed by atoms with Gasteiger partial charge >= 0.3 is 0 Å². The van der Waals surface area contributed by atoms with Crippen LogP contribution in [0.2, 0.25) is 0 Å². The van der Waals surface area contributed by atoms with Crippen molar-refractivity contribution in [3.05, 3.63) is 182 Å². The highest BCUT2D eigenvalue weighted by Gasteiger charge is 2.16. The molecule has 52 heavy (non-hydrogen) atoms. The van der Waals surface area contributed by atoms with Crippen molar-refractivity contribution in [2.24, 2.45) is 0 Å². The molecule has 0 saturated carbocycles. The molecule has 0 spiro atoms. The quantitative estimate of drug-likeness (QED) is 0.172. The summed E-state index contributed by atoms with van der Waals surface area (Å²) in [6.45, 7) is 0. The summed E-state index contributed by atoms with van der Waals surface area (Å²) in [5.41, 5.74) is 7.09. The molecule has 0 unspecified atom stereocenters. The van der Waals surface area contributed by atoms with Crippen LogP contribution in [0.3, 0.4) is 0 Å². The summed E-state index contributed by atoms with van der Waals surface area (Å²) in [7, 11) is 0. The van der Waals surface area contributed by atoms with Crippen molar-refractivity contribution in [2.75, 3.05) is 0 Å². The molecule has 8 aromatic carbocycles. The summed E-state index contributed by atoms with van der Waals surface area (Å²) in [6, 6.07) is 61.6. The maximum Gasteiger partial charge on any atom is 0.164 e. The van der Waals surface area contributed by atoms with Crippen LogP contribution in [0, 0.1) is 0 Å². The van der Waals surface area contributed by atoms with E-state index in [4.69, 9.17) is 15.0 Å². The molecule has 10 rings (SSSR count). The number of fused-ring (bicyclic) bond motifs is 8. The maximum absolute atomic E-state index is 5.02. The Labute approximate surface area is 300 Å². The molecule has 10 aromatic rings. The molecule has 0 amide bonds. The first-order chi connectivity index (χ1) is 25.8. The average Bonchev–Trinajstić information content (AvgIpc) is 3.24. The van der Waals surface area contributed by atoms with E-state index in [0.29, 0.717) is 17.5 Å². The van der Waals surface area contributed by atoms with Gasteiger partial charge in [-0.15, -0.1) is 0 Å². The number of hydrogen-bond acceptors (Lipinski definition) is 4. The number of nitrogens with zero attached hydrogens (tertiary/aromatic N) is 4. The summed E-state index contributed by atoms with van der Waals surface area (Å²) in [4.78, 5) is 19.5. The molecule has 2 aromatic heterocycles. The zero-order chi connectivity index (χ0) is 34.4. The van der Waals surface area contributed by atoms with Gasteiger partial charge in [-0.2, -0.15) is 0 Å². The summed E-state index contributed by atoms with van der Waals surface area (Å²) < 4.78 is 0. The Balaban J connectivity index is 1.11. The van der Waals surface area contributed by atoms with E-state index in [9.17, 15) is 0 Å². The lowest BCUT2D eigenvalue weighted by Gasteiger charge is -2.16. The highest BCUT2D eigenvalue weighted by atomic mass is 15.0. The van der Waals surface area contributed by atoms with Crippen LogP contribution in [0.1, 0.15) is 0 Å². The third-order valence-electron chi connectivity index (χ3n) is 9.97. The molecule has 0 atom stereocenters. The first-order valence-corrected chi connectivity index (χ1v) is 17.5. The average molecular weight is 663 g/mol. The number of rotatable bonds is 5. The van der Waals surface area contributed by atoms with Gasteiger partial charge in [-0.3, -0.25) is 4.98 Å². The predicted octanol–water partition coefficient (Wildman–Crippen LogP) is 12.2. The van der Waals surface area contributed by atoms with Crippen LogP contribution in [0.15, 0.2) is 182 Å². The molecule has 0 fully saturated rings. The van der Waals surface area contributed by atoms with Crippen LogP contribution < -0.4 is 0 Å². The molecule has 0 aliphatic heterocycles. The van der Waals surface area contributed by atoms with Gasteiger partial charge in [0.05, 0.1) is 5.69 Å². The molecule has 0 saturated heterocycles. The Kier molecular flexibility index (Phi) is 7.10.